The van der Waals surface area contributed by atoms with Crippen molar-refractivity contribution in [1.82, 2.24) is 9.88 Å². The van der Waals surface area contributed by atoms with Crippen LogP contribution < -0.4 is 0 Å². The van der Waals surface area contributed by atoms with E-state index >= 15 is 0 Å². The summed E-state index contributed by atoms with van der Waals surface area (Å²) in [7, 11) is 1.69. The van der Waals surface area contributed by atoms with Gasteiger partial charge in [0.05, 0.1) is 0 Å². The van der Waals surface area contributed by atoms with Crippen LogP contribution in [-0.4, -0.2) is 34.5 Å². The minimum absolute atomic E-state index is 0.262. The Kier molecular flexibility index (Phi) is 2.52. The van der Waals surface area contributed by atoms with Gasteiger partial charge in [0, 0.05) is 42.4 Å². The molecule has 1 aromatic rings. The molecular weight excluding hydrogens is 260 g/mol. The number of rotatable bonds is 1. The molecule has 1 fully saturated rings. The Hall–Kier alpha value is -0.940. The van der Waals surface area contributed by atoms with Gasteiger partial charge in [-0.2, -0.15) is 0 Å². The Bertz CT molecular complexity index is 410. The Morgan fingerprint density at radius 2 is 2.33 bits per heavy atom. The second kappa shape index (κ2) is 3.57. The molecule has 0 spiro atoms. The zero-order valence-corrected chi connectivity index (χ0v) is 9.86. The van der Waals surface area contributed by atoms with E-state index in [2.05, 4.69) is 20.9 Å². The first-order chi connectivity index (χ1) is 7.04. The highest BCUT2D eigenvalue weighted by Crippen LogP contribution is 2.32. The molecule has 0 unspecified atom stereocenters. The van der Waals surface area contributed by atoms with E-state index in [4.69, 9.17) is 0 Å². The fourth-order valence-electron chi connectivity index (χ4n) is 1.76. The highest BCUT2D eigenvalue weighted by Gasteiger charge is 2.45. The Labute approximate surface area is 96.1 Å². The molecule has 0 bridgehead atoms. The van der Waals surface area contributed by atoms with Crippen LogP contribution in [-0.2, 0) is 10.4 Å². The number of likely N-dealkylation sites (tertiary alicyclic amines) is 1. The molecule has 0 aromatic carbocycles. The first-order valence-corrected chi connectivity index (χ1v) is 5.42. The highest BCUT2D eigenvalue weighted by molar-refractivity contribution is 9.10. The lowest BCUT2D eigenvalue weighted by Crippen LogP contribution is -2.36. The fourth-order valence-corrected chi connectivity index (χ4v) is 2.12. The van der Waals surface area contributed by atoms with Crippen molar-refractivity contribution >= 4 is 21.8 Å². The molecule has 1 aliphatic rings. The van der Waals surface area contributed by atoms with E-state index in [9.17, 15) is 9.90 Å². The van der Waals surface area contributed by atoms with Crippen molar-refractivity contribution in [2.24, 2.45) is 0 Å². The zero-order valence-electron chi connectivity index (χ0n) is 8.27. The van der Waals surface area contributed by atoms with Crippen LogP contribution >= 0.6 is 15.9 Å². The molecule has 0 radical (unpaired) electrons. The average Bonchev–Trinajstić information content (AvgIpc) is 2.48. The SMILES string of the molecule is CN1CC[C@](O)(c2cncc(Br)c2)C1=O. The van der Waals surface area contributed by atoms with E-state index in [1.54, 1.807) is 19.3 Å². The van der Waals surface area contributed by atoms with Gasteiger partial charge < -0.3 is 10.0 Å². The van der Waals surface area contributed by atoms with E-state index in [-0.39, 0.29) is 5.91 Å². The van der Waals surface area contributed by atoms with Crippen LogP contribution in [0.5, 0.6) is 0 Å². The van der Waals surface area contributed by atoms with Crippen molar-refractivity contribution in [3.05, 3.63) is 28.5 Å². The predicted octanol–water partition coefficient (Wildman–Crippen LogP) is 0.894. The lowest BCUT2D eigenvalue weighted by atomic mass is 9.94. The summed E-state index contributed by atoms with van der Waals surface area (Å²) in [4.78, 5) is 17.3. The van der Waals surface area contributed by atoms with Gasteiger partial charge in [0.1, 0.15) is 0 Å². The summed E-state index contributed by atoms with van der Waals surface area (Å²) in [6.07, 6.45) is 3.57. The van der Waals surface area contributed by atoms with Crippen molar-refractivity contribution in [2.45, 2.75) is 12.0 Å². The summed E-state index contributed by atoms with van der Waals surface area (Å²) >= 11 is 3.27. The van der Waals surface area contributed by atoms with E-state index in [1.165, 1.54) is 11.1 Å². The van der Waals surface area contributed by atoms with Crippen molar-refractivity contribution in [2.75, 3.05) is 13.6 Å². The van der Waals surface area contributed by atoms with E-state index in [0.717, 1.165) is 4.47 Å². The number of hydrogen-bond acceptors (Lipinski definition) is 3. The van der Waals surface area contributed by atoms with Gasteiger partial charge in [-0.05, 0) is 22.0 Å². The molecule has 2 rings (SSSR count). The third-order valence-electron chi connectivity index (χ3n) is 2.69. The number of aromatic nitrogens is 1. The van der Waals surface area contributed by atoms with Crippen LogP contribution in [0.3, 0.4) is 0 Å². The van der Waals surface area contributed by atoms with Gasteiger partial charge in [0.25, 0.3) is 5.91 Å². The van der Waals surface area contributed by atoms with E-state index < -0.39 is 5.60 Å². The summed E-state index contributed by atoms with van der Waals surface area (Å²) in [5.41, 5.74) is -0.850. The van der Waals surface area contributed by atoms with Gasteiger partial charge >= 0.3 is 0 Å². The molecule has 0 saturated carbocycles. The molecule has 80 valence electrons. The monoisotopic (exact) mass is 270 g/mol. The number of pyridine rings is 1. The van der Waals surface area contributed by atoms with Crippen molar-refractivity contribution in [3.8, 4) is 0 Å². The topological polar surface area (TPSA) is 53.4 Å². The predicted molar refractivity (Wildman–Crippen MR) is 58.1 cm³/mol. The minimum atomic E-state index is -1.40. The van der Waals surface area contributed by atoms with Crippen molar-refractivity contribution < 1.29 is 9.90 Å². The van der Waals surface area contributed by atoms with Gasteiger partial charge in [-0.25, -0.2) is 0 Å². The maximum absolute atomic E-state index is 11.8. The van der Waals surface area contributed by atoms with Crippen LogP contribution in [0.2, 0.25) is 0 Å². The highest BCUT2D eigenvalue weighted by atomic mass is 79.9. The number of carbonyl (C=O) groups is 1. The van der Waals surface area contributed by atoms with Crippen LogP contribution in [0, 0.1) is 0 Å². The first-order valence-electron chi connectivity index (χ1n) is 4.63. The molecule has 0 aliphatic carbocycles. The molecule has 1 N–H and O–H groups in total. The van der Waals surface area contributed by atoms with Gasteiger partial charge in [-0.1, -0.05) is 0 Å². The van der Waals surface area contributed by atoms with Gasteiger partial charge in [-0.3, -0.25) is 9.78 Å². The maximum Gasteiger partial charge on any atom is 0.259 e. The summed E-state index contributed by atoms with van der Waals surface area (Å²) in [6.45, 7) is 0.571. The molecule has 1 amide bonds. The zero-order chi connectivity index (χ0) is 11.1. The number of carbonyl (C=O) groups excluding carboxylic acids is 1. The average molecular weight is 271 g/mol. The third kappa shape index (κ3) is 1.66. The molecule has 1 aromatic heterocycles. The number of halogens is 1. The molecule has 1 saturated heterocycles. The van der Waals surface area contributed by atoms with Crippen molar-refractivity contribution in [3.63, 3.8) is 0 Å². The molecule has 1 aliphatic heterocycles. The number of nitrogens with zero attached hydrogens (tertiary/aromatic N) is 2. The smallest absolute Gasteiger partial charge is 0.259 e. The molecule has 4 nitrogen and oxygen atoms in total. The fraction of sp³-hybridized carbons (Fsp3) is 0.400. The second-order valence-electron chi connectivity index (χ2n) is 3.73. The number of likely N-dealkylation sites (N-methyl/N-ethyl adjacent to an activating group) is 1. The maximum atomic E-state index is 11.8. The standard InChI is InChI=1S/C10H11BrN2O2/c1-13-3-2-10(15,9(13)14)7-4-8(11)6-12-5-7/h4-6,15H,2-3H2,1H3/t10-/m0/s1. The molecule has 5 heteroatoms. The molecule has 15 heavy (non-hydrogen) atoms. The summed E-state index contributed by atoms with van der Waals surface area (Å²) in [6, 6.07) is 1.73. The quantitative estimate of drug-likeness (QED) is 0.825. The lowest BCUT2D eigenvalue weighted by molar-refractivity contribution is -0.143. The molecular formula is C10H11BrN2O2. The number of aliphatic hydroxyl groups is 1. The van der Waals surface area contributed by atoms with E-state index in [1.807, 2.05) is 0 Å². The Balaban J connectivity index is 2.42. The van der Waals surface area contributed by atoms with Crippen LogP contribution in [0.25, 0.3) is 0 Å². The number of hydrogen-bond donors (Lipinski definition) is 1. The molecule has 1 atom stereocenters. The summed E-state index contributed by atoms with van der Waals surface area (Å²) < 4.78 is 0.760. The summed E-state index contributed by atoms with van der Waals surface area (Å²) in [5, 5.41) is 10.3. The molecule has 2 heterocycles. The van der Waals surface area contributed by atoms with Crippen LogP contribution in [0.15, 0.2) is 22.9 Å². The lowest BCUT2D eigenvalue weighted by Gasteiger charge is -2.20. The first kappa shape index (κ1) is 10.6. The van der Waals surface area contributed by atoms with Gasteiger partial charge in [0.15, 0.2) is 5.60 Å². The largest absolute Gasteiger partial charge is 0.375 e. The normalized spacial score (nSPS) is 26.1. The minimum Gasteiger partial charge on any atom is -0.375 e. The van der Waals surface area contributed by atoms with Crippen molar-refractivity contribution in [1.29, 1.82) is 0 Å². The third-order valence-corrected chi connectivity index (χ3v) is 3.13. The van der Waals surface area contributed by atoms with Crippen LogP contribution in [0.1, 0.15) is 12.0 Å². The van der Waals surface area contributed by atoms with Crippen LogP contribution in [0.4, 0.5) is 0 Å². The second-order valence-corrected chi connectivity index (χ2v) is 4.64. The van der Waals surface area contributed by atoms with Gasteiger partial charge in [-0.15, -0.1) is 0 Å². The Morgan fingerprint density at radius 3 is 2.87 bits per heavy atom. The van der Waals surface area contributed by atoms with E-state index in [0.29, 0.717) is 18.5 Å². The Morgan fingerprint density at radius 1 is 1.60 bits per heavy atom. The number of amides is 1. The summed E-state index contributed by atoms with van der Waals surface area (Å²) in [5.74, 6) is -0.262. The van der Waals surface area contributed by atoms with Gasteiger partial charge in [0.2, 0.25) is 0 Å².